The number of aromatic nitrogens is 1. The first-order chi connectivity index (χ1) is 11.4. The first kappa shape index (κ1) is 17.9. The van der Waals surface area contributed by atoms with Crippen LogP contribution in [0.5, 0.6) is 5.75 Å². The molecule has 0 aliphatic heterocycles. The highest BCUT2D eigenvalue weighted by molar-refractivity contribution is 5.34. The zero-order valence-electron chi connectivity index (χ0n) is 13.5. The second-order valence-corrected chi connectivity index (χ2v) is 5.48. The molecule has 0 spiro atoms. The van der Waals surface area contributed by atoms with E-state index in [1.54, 1.807) is 10.6 Å². The summed E-state index contributed by atoms with van der Waals surface area (Å²) in [6.07, 6.45) is -0.808. The number of hydrogen-bond acceptors (Lipinski definition) is 4. The summed E-state index contributed by atoms with van der Waals surface area (Å²) in [7, 11) is 1.82. The van der Waals surface area contributed by atoms with E-state index in [1.807, 2.05) is 14.0 Å². The van der Waals surface area contributed by atoms with Gasteiger partial charge in [0.15, 0.2) is 11.6 Å². The Morgan fingerprint density at radius 1 is 1.33 bits per heavy atom. The van der Waals surface area contributed by atoms with Crippen LogP contribution in [0, 0.1) is 29.9 Å². The molecule has 2 rings (SSSR count). The van der Waals surface area contributed by atoms with Gasteiger partial charge in [0.25, 0.3) is 0 Å². The number of rotatable bonds is 7. The fourth-order valence-corrected chi connectivity index (χ4v) is 2.24. The van der Waals surface area contributed by atoms with Gasteiger partial charge in [0.05, 0.1) is 0 Å². The number of aliphatic hydroxyl groups excluding tert-OH is 1. The summed E-state index contributed by atoms with van der Waals surface area (Å²) in [5, 5.41) is 21.9. The first-order valence-corrected chi connectivity index (χ1v) is 7.44. The maximum atomic E-state index is 13.0. The zero-order valence-corrected chi connectivity index (χ0v) is 13.5. The molecular formula is C17H19F2N3O2. The zero-order chi connectivity index (χ0) is 17.7. The smallest absolute Gasteiger partial charge is 0.162 e. The van der Waals surface area contributed by atoms with Gasteiger partial charge in [-0.1, -0.05) is 0 Å². The van der Waals surface area contributed by atoms with E-state index in [0.717, 1.165) is 23.4 Å². The van der Waals surface area contributed by atoms with Crippen LogP contribution in [0.4, 0.5) is 8.78 Å². The number of ether oxygens (including phenoxy) is 1. The topological polar surface area (TPSA) is 70.2 Å². The lowest BCUT2D eigenvalue weighted by Crippen LogP contribution is -2.31. The van der Waals surface area contributed by atoms with Crippen molar-refractivity contribution >= 4 is 0 Å². The second kappa shape index (κ2) is 7.90. The van der Waals surface area contributed by atoms with Gasteiger partial charge in [-0.3, -0.25) is 0 Å². The van der Waals surface area contributed by atoms with Gasteiger partial charge >= 0.3 is 0 Å². The molecule has 0 fully saturated rings. The first-order valence-electron chi connectivity index (χ1n) is 7.44. The SMILES string of the molecule is Cc1c(CNCC(O)COc2ccc(F)c(F)c2)cc(C#N)n1C. The van der Waals surface area contributed by atoms with Crippen molar-refractivity contribution in [2.45, 2.75) is 19.6 Å². The van der Waals surface area contributed by atoms with Crippen molar-refractivity contribution < 1.29 is 18.6 Å². The predicted molar refractivity (Wildman–Crippen MR) is 84.4 cm³/mol. The largest absolute Gasteiger partial charge is 0.491 e. The van der Waals surface area contributed by atoms with Crippen LogP contribution in [0.1, 0.15) is 17.0 Å². The average molecular weight is 335 g/mol. The number of halogens is 2. The fraction of sp³-hybridized carbons (Fsp3) is 0.353. The maximum absolute atomic E-state index is 13.0. The van der Waals surface area contributed by atoms with Crippen molar-refractivity contribution in [3.8, 4) is 11.8 Å². The van der Waals surface area contributed by atoms with Crippen molar-refractivity contribution in [1.82, 2.24) is 9.88 Å². The van der Waals surface area contributed by atoms with E-state index in [2.05, 4.69) is 11.4 Å². The van der Waals surface area contributed by atoms with E-state index in [4.69, 9.17) is 10.00 Å². The summed E-state index contributed by atoms with van der Waals surface area (Å²) >= 11 is 0. The molecule has 128 valence electrons. The Bertz CT molecular complexity index is 753. The molecule has 0 amide bonds. The molecule has 1 aromatic heterocycles. The number of nitriles is 1. The minimum absolute atomic E-state index is 0.0463. The lowest BCUT2D eigenvalue weighted by molar-refractivity contribution is 0.106. The summed E-state index contributed by atoms with van der Waals surface area (Å²) in [6.45, 7) is 2.64. The molecule has 0 aliphatic rings. The molecule has 0 saturated carbocycles. The lowest BCUT2D eigenvalue weighted by Gasteiger charge is -2.13. The third-order valence-electron chi connectivity index (χ3n) is 3.78. The second-order valence-electron chi connectivity index (χ2n) is 5.48. The Balaban J connectivity index is 1.78. The van der Waals surface area contributed by atoms with E-state index in [9.17, 15) is 13.9 Å². The van der Waals surface area contributed by atoms with Crippen molar-refractivity contribution in [2.75, 3.05) is 13.2 Å². The van der Waals surface area contributed by atoms with Crippen LogP contribution in [0.15, 0.2) is 24.3 Å². The monoisotopic (exact) mass is 335 g/mol. The number of nitrogens with zero attached hydrogens (tertiary/aromatic N) is 2. The van der Waals surface area contributed by atoms with Crippen LogP contribution in [-0.4, -0.2) is 28.9 Å². The Hall–Kier alpha value is -2.43. The van der Waals surface area contributed by atoms with Crippen LogP contribution in [0.25, 0.3) is 0 Å². The van der Waals surface area contributed by atoms with Gasteiger partial charge in [0.2, 0.25) is 0 Å². The molecule has 1 atom stereocenters. The van der Waals surface area contributed by atoms with Gasteiger partial charge in [-0.25, -0.2) is 8.78 Å². The highest BCUT2D eigenvalue weighted by Crippen LogP contribution is 2.16. The highest BCUT2D eigenvalue weighted by Gasteiger charge is 2.10. The Kier molecular flexibility index (Phi) is 5.90. The number of hydrogen-bond donors (Lipinski definition) is 2. The number of nitrogens with one attached hydrogen (secondary N) is 1. The molecule has 2 aromatic rings. The minimum Gasteiger partial charge on any atom is -0.491 e. The molecule has 1 unspecified atom stereocenters. The molecule has 0 aliphatic carbocycles. The summed E-state index contributed by atoms with van der Waals surface area (Å²) in [5.41, 5.74) is 2.53. The lowest BCUT2D eigenvalue weighted by atomic mass is 10.2. The Labute approximate surface area is 139 Å². The standard InChI is InChI=1S/C17H19F2N3O2/c1-11-12(5-13(7-20)22(11)2)8-21-9-14(23)10-24-15-3-4-16(18)17(19)6-15/h3-6,14,21,23H,8-10H2,1-2H3. The van der Waals surface area contributed by atoms with Crippen LogP contribution in [0.3, 0.4) is 0 Å². The average Bonchev–Trinajstić information content (AvgIpc) is 2.84. The molecule has 0 saturated heterocycles. The quantitative estimate of drug-likeness (QED) is 0.812. The highest BCUT2D eigenvalue weighted by atomic mass is 19.2. The van der Waals surface area contributed by atoms with Gasteiger partial charge in [-0.05, 0) is 30.7 Å². The fourth-order valence-electron chi connectivity index (χ4n) is 2.24. The molecule has 7 heteroatoms. The van der Waals surface area contributed by atoms with E-state index in [1.165, 1.54) is 6.07 Å². The summed E-state index contributed by atoms with van der Waals surface area (Å²) in [5.74, 6) is -1.78. The molecule has 5 nitrogen and oxygen atoms in total. The van der Waals surface area contributed by atoms with Gasteiger partial charge in [-0.15, -0.1) is 0 Å². The van der Waals surface area contributed by atoms with Crippen molar-refractivity contribution in [1.29, 1.82) is 5.26 Å². The van der Waals surface area contributed by atoms with Crippen LogP contribution < -0.4 is 10.1 Å². The molecule has 0 bridgehead atoms. The van der Waals surface area contributed by atoms with E-state index < -0.39 is 17.7 Å². The molecule has 1 heterocycles. The van der Waals surface area contributed by atoms with Crippen LogP contribution in [-0.2, 0) is 13.6 Å². The maximum Gasteiger partial charge on any atom is 0.162 e. The summed E-state index contributed by atoms with van der Waals surface area (Å²) in [6, 6.07) is 7.12. The van der Waals surface area contributed by atoms with E-state index in [0.29, 0.717) is 12.2 Å². The molecule has 2 N–H and O–H groups in total. The van der Waals surface area contributed by atoms with E-state index in [-0.39, 0.29) is 18.9 Å². The van der Waals surface area contributed by atoms with Gasteiger partial charge < -0.3 is 19.7 Å². The van der Waals surface area contributed by atoms with E-state index >= 15 is 0 Å². The third kappa shape index (κ3) is 4.31. The molecular weight excluding hydrogens is 316 g/mol. The molecule has 1 aromatic carbocycles. The van der Waals surface area contributed by atoms with Gasteiger partial charge in [-0.2, -0.15) is 5.26 Å². The number of aliphatic hydroxyl groups is 1. The Morgan fingerprint density at radius 2 is 2.08 bits per heavy atom. The van der Waals surface area contributed by atoms with Crippen LogP contribution in [0.2, 0.25) is 0 Å². The summed E-state index contributed by atoms with van der Waals surface area (Å²) < 4.78 is 32.9. The van der Waals surface area contributed by atoms with Gasteiger partial charge in [0, 0.05) is 31.9 Å². The summed E-state index contributed by atoms with van der Waals surface area (Å²) in [4.78, 5) is 0. The number of benzene rings is 1. The van der Waals surface area contributed by atoms with Crippen molar-refractivity contribution in [2.24, 2.45) is 7.05 Å². The van der Waals surface area contributed by atoms with Crippen molar-refractivity contribution in [3.05, 3.63) is 52.9 Å². The predicted octanol–water partition coefficient (Wildman–Crippen LogP) is 2.01. The minimum atomic E-state index is -0.993. The molecule has 0 radical (unpaired) electrons. The third-order valence-corrected chi connectivity index (χ3v) is 3.78. The van der Waals surface area contributed by atoms with Crippen molar-refractivity contribution in [3.63, 3.8) is 0 Å². The normalized spacial score (nSPS) is 12.0. The van der Waals surface area contributed by atoms with Crippen LogP contribution >= 0.6 is 0 Å². The van der Waals surface area contributed by atoms with Gasteiger partial charge in [0.1, 0.15) is 30.2 Å². The Morgan fingerprint density at radius 3 is 2.71 bits per heavy atom. The molecule has 24 heavy (non-hydrogen) atoms.